The minimum Gasteiger partial charge on any atom is -0.394 e. The predicted molar refractivity (Wildman–Crippen MR) is 52.1 cm³/mol. The highest BCUT2D eigenvalue weighted by molar-refractivity contribution is 4.88. The molecular weight excluding hydrogens is 234 g/mol. The number of aromatic amines is 1. The molecule has 17 heavy (non-hydrogen) atoms. The van der Waals surface area contributed by atoms with Crippen LogP contribution in [0.2, 0.25) is 0 Å². The Kier molecular flexibility index (Phi) is 3.07. The monoisotopic (exact) mass is 245 g/mol. The lowest BCUT2D eigenvalue weighted by molar-refractivity contribution is -0.0618. The first-order valence-corrected chi connectivity index (χ1v) is 4.85. The Labute approximate surface area is 93.9 Å². The Hall–Kier alpha value is -1.55. The maximum atomic E-state index is 11.4. The summed E-state index contributed by atoms with van der Waals surface area (Å²) in [5.41, 5.74) is -1.55. The zero-order chi connectivity index (χ0) is 12.6. The lowest BCUT2D eigenvalue weighted by Gasteiger charge is -2.14. The summed E-state index contributed by atoms with van der Waals surface area (Å²) in [7, 11) is 0. The van der Waals surface area contributed by atoms with Crippen LogP contribution in [0.4, 0.5) is 0 Å². The molecule has 0 amide bonds. The molecule has 0 aliphatic carbocycles. The van der Waals surface area contributed by atoms with Crippen LogP contribution in [-0.2, 0) is 4.74 Å². The lowest BCUT2D eigenvalue weighted by Crippen LogP contribution is -2.39. The van der Waals surface area contributed by atoms with Gasteiger partial charge in [0.15, 0.2) is 6.23 Å². The van der Waals surface area contributed by atoms with E-state index in [1.165, 1.54) is 0 Å². The van der Waals surface area contributed by atoms with Crippen LogP contribution < -0.4 is 11.2 Å². The molecule has 9 nitrogen and oxygen atoms in total. The fourth-order valence-corrected chi connectivity index (χ4v) is 1.63. The summed E-state index contributed by atoms with van der Waals surface area (Å²) in [5.74, 6) is 0. The standard InChI is InChI=1S/C8H11N3O6/c12-2-3-5(14)6(15)7(17-3)11-8(16)10-4(13)1-9-11/h1,3,5-7,12,14-15H,2H2,(H,10,13,16)/t3-,5+,6+,7+/m1/s1. The van der Waals surface area contributed by atoms with Crippen LogP contribution in [0.5, 0.6) is 0 Å². The average molecular weight is 245 g/mol. The number of aromatic nitrogens is 3. The average Bonchev–Trinajstić information content (AvgIpc) is 2.57. The van der Waals surface area contributed by atoms with E-state index in [2.05, 4.69) is 5.10 Å². The van der Waals surface area contributed by atoms with E-state index in [0.717, 1.165) is 6.20 Å². The number of H-pyrrole nitrogens is 1. The first kappa shape index (κ1) is 11.9. The Bertz CT molecular complexity index is 510. The second kappa shape index (κ2) is 4.37. The minimum absolute atomic E-state index is 0.507. The molecule has 9 heteroatoms. The molecule has 0 bridgehead atoms. The van der Waals surface area contributed by atoms with E-state index in [1.54, 1.807) is 0 Å². The first-order chi connectivity index (χ1) is 8.04. The van der Waals surface area contributed by atoms with Gasteiger partial charge in [-0.2, -0.15) is 9.78 Å². The van der Waals surface area contributed by atoms with Crippen molar-refractivity contribution in [2.75, 3.05) is 6.61 Å². The van der Waals surface area contributed by atoms with Crippen molar-refractivity contribution in [1.29, 1.82) is 0 Å². The second-order valence-corrected chi connectivity index (χ2v) is 3.61. The van der Waals surface area contributed by atoms with Crippen molar-refractivity contribution in [2.24, 2.45) is 0 Å². The molecule has 0 unspecified atom stereocenters. The quantitative estimate of drug-likeness (QED) is 0.425. The topological polar surface area (TPSA) is 138 Å². The number of hydrogen-bond donors (Lipinski definition) is 4. The molecule has 4 atom stereocenters. The Morgan fingerprint density at radius 3 is 2.65 bits per heavy atom. The Morgan fingerprint density at radius 1 is 1.41 bits per heavy atom. The van der Waals surface area contributed by atoms with Crippen molar-refractivity contribution in [3.05, 3.63) is 27.0 Å². The third kappa shape index (κ3) is 2.00. The summed E-state index contributed by atoms with van der Waals surface area (Å²) >= 11 is 0. The number of nitrogens with one attached hydrogen (secondary N) is 1. The largest absolute Gasteiger partial charge is 0.394 e. The highest BCUT2D eigenvalue weighted by Gasteiger charge is 2.44. The van der Waals surface area contributed by atoms with E-state index in [4.69, 9.17) is 9.84 Å². The number of hydrogen-bond acceptors (Lipinski definition) is 7. The minimum atomic E-state index is -1.41. The van der Waals surface area contributed by atoms with Crippen molar-refractivity contribution in [3.8, 4) is 0 Å². The van der Waals surface area contributed by atoms with Crippen molar-refractivity contribution < 1.29 is 20.1 Å². The molecule has 0 saturated carbocycles. The third-order valence-electron chi connectivity index (χ3n) is 2.50. The van der Waals surface area contributed by atoms with Gasteiger partial charge in [-0.05, 0) is 0 Å². The van der Waals surface area contributed by atoms with Crippen LogP contribution in [0.3, 0.4) is 0 Å². The van der Waals surface area contributed by atoms with Crippen LogP contribution in [0.1, 0.15) is 6.23 Å². The highest BCUT2D eigenvalue weighted by Crippen LogP contribution is 2.27. The molecule has 2 heterocycles. The summed E-state index contributed by atoms with van der Waals surface area (Å²) in [6, 6.07) is 0. The van der Waals surface area contributed by atoms with Gasteiger partial charge in [0.1, 0.15) is 24.5 Å². The molecule has 1 aliphatic rings. The van der Waals surface area contributed by atoms with Crippen LogP contribution in [0.25, 0.3) is 0 Å². The van der Waals surface area contributed by atoms with Crippen LogP contribution in [0, 0.1) is 0 Å². The zero-order valence-corrected chi connectivity index (χ0v) is 8.55. The maximum Gasteiger partial charge on any atom is 0.347 e. The SMILES string of the molecule is O=c1cnn([C@H]2O[C@H](CO)[C@H](O)[C@@H]2O)c(=O)[nH]1. The summed E-state index contributed by atoms with van der Waals surface area (Å²) < 4.78 is 5.77. The third-order valence-corrected chi connectivity index (χ3v) is 2.50. The molecule has 1 aliphatic heterocycles. The van der Waals surface area contributed by atoms with Crippen LogP contribution in [-0.4, -0.2) is 55.0 Å². The molecule has 1 aromatic rings. The summed E-state index contributed by atoms with van der Waals surface area (Å²) in [6.45, 7) is -0.507. The van der Waals surface area contributed by atoms with Crippen molar-refractivity contribution in [1.82, 2.24) is 14.8 Å². The number of aliphatic hydroxyl groups excluding tert-OH is 3. The van der Waals surface area contributed by atoms with Gasteiger partial charge in [0.05, 0.1) is 6.61 Å². The number of aliphatic hydroxyl groups is 3. The van der Waals surface area contributed by atoms with Gasteiger partial charge in [-0.1, -0.05) is 0 Å². The molecule has 0 radical (unpaired) electrons. The van der Waals surface area contributed by atoms with Gasteiger partial charge in [-0.25, -0.2) is 4.79 Å². The van der Waals surface area contributed by atoms with Gasteiger partial charge in [-0.15, -0.1) is 0 Å². The smallest absolute Gasteiger partial charge is 0.347 e. The Morgan fingerprint density at radius 2 is 2.12 bits per heavy atom. The van der Waals surface area contributed by atoms with E-state index in [9.17, 15) is 19.8 Å². The molecular formula is C8H11N3O6. The van der Waals surface area contributed by atoms with Crippen molar-refractivity contribution in [2.45, 2.75) is 24.5 Å². The fourth-order valence-electron chi connectivity index (χ4n) is 1.63. The van der Waals surface area contributed by atoms with Gasteiger partial charge < -0.3 is 20.1 Å². The second-order valence-electron chi connectivity index (χ2n) is 3.61. The van der Waals surface area contributed by atoms with Gasteiger partial charge in [0.2, 0.25) is 0 Å². The summed E-state index contributed by atoms with van der Waals surface area (Å²) in [5, 5.41) is 31.5. The van der Waals surface area contributed by atoms with Crippen molar-refractivity contribution in [3.63, 3.8) is 0 Å². The molecule has 1 saturated heterocycles. The molecule has 0 spiro atoms. The molecule has 94 valence electrons. The fraction of sp³-hybridized carbons (Fsp3) is 0.625. The molecule has 2 rings (SSSR count). The van der Waals surface area contributed by atoms with Gasteiger partial charge >= 0.3 is 5.69 Å². The summed E-state index contributed by atoms with van der Waals surface area (Å²) in [6.07, 6.45) is -4.15. The van der Waals surface area contributed by atoms with Gasteiger partial charge in [-0.3, -0.25) is 9.78 Å². The summed E-state index contributed by atoms with van der Waals surface area (Å²) in [4.78, 5) is 24.1. The first-order valence-electron chi connectivity index (χ1n) is 4.85. The molecule has 1 fully saturated rings. The normalized spacial score (nSPS) is 32.9. The van der Waals surface area contributed by atoms with Crippen LogP contribution in [0.15, 0.2) is 15.8 Å². The predicted octanol–water partition coefficient (Wildman–Crippen LogP) is -3.46. The van der Waals surface area contributed by atoms with E-state index in [0.29, 0.717) is 4.68 Å². The molecule has 1 aromatic heterocycles. The molecule has 0 aromatic carbocycles. The van der Waals surface area contributed by atoms with Crippen molar-refractivity contribution >= 4 is 0 Å². The molecule has 4 N–H and O–H groups in total. The lowest BCUT2D eigenvalue weighted by atomic mass is 10.1. The zero-order valence-electron chi connectivity index (χ0n) is 8.55. The van der Waals surface area contributed by atoms with E-state index < -0.39 is 42.4 Å². The number of rotatable bonds is 2. The Balaban J connectivity index is 2.35. The maximum absolute atomic E-state index is 11.4. The number of nitrogens with zero attached hydrogens (tertiary/aromatic N) is 2. The van der Waals surface area contributed by atoms with Gasteiger partial charge in [0.25, 0.3) is 5.56 Å². The van der Waals surface area contributed by atoms with E-state index in [-0.39, 0.29) is 0 Å². The van der Waals surface area contributed by atoms with E-state index in [1.807, 2.05) is 4.98 Å². The number of ether oxygens (including phenoxy) is 1. The van der Waals surface area contributed by atoms with E-state index >= 15 is 0 Å². The van der Waals surface area contributed by atoms with Crippen LogP contribution >= 0.6 is 0 Å². The van der Waals surface area contributed by atoms with Gasteiger partial charge in [0, 0.05) is 0 Å². The highest BCUT2D eigenvalue weighted by atomic mass is 16.6.